The second-order valence-corrected chi connectivity index (χ2v) is 10.1. The minimum Gasteiger partial charge on any atom is -0.383 e. The van der Waals surface area contributed by atoms with Gasteiger partial charge < -0.3 is 25.4 Å². The summed E-state index contributed by atoms with van der Waals surface area (Å²) in [6.07, 6.45) is 10.2. The van der Waals surface area contributed by atoms with Crippen molar-refractivity contribution in [2.75, 3.05) is 44.1 Å². The van der Waals surface area contributed by atoms with Crippen molar-refractivity contribution in [3.05, 3.63) is 36.5 Å². The van der Waals surface area contributed by atoms with Gasteiger partial charge >= 0.3 is 0 Å². The van der Waals surface area contributed by atoms with Gasteiger partial charge in [-0.1, -0.05) is 0 Å². The maximum absolute atomic E-state index is 14.8. The Morgan fingerprint density at radius 3 is 2.64 bits per heavy atom. The van der Waals surface area contributed by atoms with Crippen molar-refractivity contribution < 1.29 is 13.9 Å². The van der Waals surface area contributed by atoms with E-state index >= 15 is 0 Å². The molecular formula is C27H37FN6O2. The van der Waals surface area contributed by atoms with E-state index in [1.54, 1.807) is 25.6 Å². The summed E-state index contributed by atoms with van der Waals surface area (Å²) in [5.41, 5.74) is 1.42. The number of rotatable bonds is 10. The molecular weight excluding hydrogens is 459 g/mol. The molecule has 9 heteroatoms. The highest BCUT2D eigenvalue weighted by atomic mass is 19.1. The molecule has 2 aliphatic rings. The van der Waals surface area contributed by atoms with Crippen molar-refractivity contribution in [3.8, 4) is 17.2 Å². The lowest BCUT2D eigenvalue weighted by Gasteiger charge is -2.32. The number of hydrogen-bond acceptors (Lipinski definition) is 8. The summed E-state index contributed by atoms with van der Waals surface area (Å²) in [7, 11) is 1.73. The number of aromatic nitrogens is 2. The van der Waals surface area contributed by atoms with Crippen LogP contribution in [0.5, 0.6) is 0 Å². The Morgan fingerprint density at radius 1 is 1.17 bits per heavy atom. The predicted octanol–water partition coefficient (Wildman–Crippen LogP) is 4.36. The fourth-order valence-electron chi connectivity index (χ4n) is 5.10. The molecule has 1 saturated heterocycles. The van der Waals surface area contributed by atoms with E-state index in [0.29, 0.717) is 74.3 Å². The topological polar surface area (TPSA) is 104 Å². The number of nitriles is 1. The van der Waals surface area contributed by atoms with Crippen LogP contribution in [0.4, 0.5) is 15.9 Å². The Hall–Kier alpha value is -2.80. The van der Waals surface area contributed by atoms with E-state index in [-0.39, 0.29) is 0 Å². The van der Waals surface area contributed by atoms with Gasteiger partial charge in [-0.05, 0) is 57.6 Å². The number of halogens is 1. The zero-order valence-electron chi connectivity index (χ0n) is 21.2. The number of ether oxygens (including phenoxy) is 2. The van der Waals surface area contributed by atoms with Gasteiger partial charge in [0.2, 0.25) is 0 Å². The summed E-state index contributed by atoms with van der Waals surface area (Å²) in [5, 5.41) is 20.2. The standard InChI is InChI=1S/C27H37FN6O2/c1-19(16-35-2)33-21-3-5-22(6-4-21)34-26-12-24(25(28)15-31-26)20-11-23(14-30-13-20)32-18-27(17-29)7-9-36-10-8-27/h11-15,19,21-22,32-33H,3-10,16,18H2,1-2H3,(H,31,34)/t19-,21-,22-/m0/s1. The molecule has 0 aromatic carbocycles. The predicted molar refractivity (Wildman–Crippen MR) is 138 cm³/mol. The first kappa shape index (κ1) is 26.3. The molecule has 0 radical (unpaired) electrons. The zero-order valence-corrected chi connectivity index (χ0v) is 21.2. The Balaban J connectivity index is 1.37. The van der Waals surface area contributed by atoms with Gasteiger partial charge in [0.25, 0.3) is 0 Å². The summed E-state index contributed by atoms with van der Waals surface area (Å²) in [6.45, 7) is 4.54. The van der Waals surface area contributed by atoms with Crippen LogP contribution in [0.3, 0.4) is 0 Å². The third kappa shape index (κ3) is 6.90. The van der Waals surface area contributed by atoms with E-state index in [0.717, 1.165) is 31.4 Å². The smallest absolute Gasteiger partial charge is 0.149 e. The van der Waals surface area contributed by atoms with Crippen molar-refractivity contribution in [1.29, 1.82) is 5.26 Å². The molecule has 1 aliphatic heterocycles. The van der Waals surface area contributed by atoms with E-state index in [4.69, 9.17) is 9.47 Å². The van der Waals surface area contributed by atoms with Gasteiger partial charge in [-0.3, -0.25) is 4.98 Å². The number of nitrogens with zero attached hydrogens (tertiary/aromatic N) is 3. The molecule has 36 heavy (non-hydrogen) atoms. The molecule has 8 nitrogen and oxygen atoms in total. The molecule has 3 N–H and O–H groups in total. The highest BCUT2D eigenvalue weighted by molar-refractivity contribution is 5.69. The van der Waals surface area contributed by atoms with Gasteiger partial charge in [-0.25, -0.2) is 9.37 Å². The number of nitrogens with one attached hydrogen (secondary N) is 3. The average molecular weight is 497 g/mol. The number of methoxy groups -OCH3 is 1. The number of pyridine rings is 2. The fraction of sp³-hybridized carbons (Fsp3) is 0.593. The SMILES string of the molecule is COC[C@H](C)N[C@H]1CC[C@H](Nc2cc(-c3cncc(NCC4(C#N)CCOCC4)c3)c(F)cn2)CC1. The minimum atomic E-state index is -0.455. The lowest BCUT2D eigenvalue weighted by atomic mass is 9.81. The second kappa shape index (κ2) is 12.4. The quantitative estimate of drug-likeness (QED) is 0.446. The Labute approximate surface area is 213 Å². The van der Waals surface area contributed by atoms with Crippen LogP contribution in [0, 0.1) is 22.6 Å². The van der Waals surface area contributed by atoms with E-state index < -0.39 is 11.2 Å². The normalized spacial score (nSPS) is 22.4. The Bertz CT molecular complexity index is 1030. The first-order valence-electron chi connectivity index (χ1n) is 12.9. The lowest BCUT2D eigenvalue weighted by Crippen LogP contribution is -2.42. The van der Waals surface area contributed by atoms with Crippen molar-refractivity contribution in [1.82, 2.24) is 15.3 Å². The van der Waals surface area contributed by atoms with E-state index in [1.165, 1.54) is 6.20 Å². The number of hydrogen-bond donors (Lipinski definition) is 3. The van der Waals surface area contributed by atoms with Gasteiger partial charge in [-0.15, -0.1) is 0 Å². The van der Waals surface area contributed by atoms with Crippen molar-refractivity contribution in [2.45, 2.75) is 63.6 Å². The molecule has 1 aliphatic carbocycles. The summed E-state index contributed by atoms with van der Waals surface area (Å²) < 4.78 is 25.4. The minimum absolute atomic E-state index is 0.305. The van der Waals surface area contributed by atoms with Crippen LogP contribution in [0.15, 0.2) is 30.7 Å². The Kier molecular flexibility index (Phi) is 9.08. The van der Waals surface area contributed by atoms with E-state index in [2.05, 4.69) is 38.9 Å². The Morgan fingerprint density at radius 2 is 1.92 bits per heavy atom. The lowest BCUT2D eigenvalue weighted by molar-refractivity contribution is 0.0456. The summed E-state index contributed by atoms with van der Waals surface area (Å²) >= 11 is 0. The highest BCUT2D eigenvalue weighted by Crippen LogP contribution is 2.31. The largest absolute Gasteiger partial charge is 0.383 e. The first-order chi connectivity index (χ1) is 17.5. The van der Waals surface area contributed by atoms with Crippen molar-refractivity contribution in [3.63, 3.8) is 0 Å². The van der Waals surface area contributed by atoms with Crippen LogP contribution in [-0.4, -0.2) is 61.6 Å². The fourth-order valence-corrected chi connectivity index (χ4v) is 5.10. The zero-order chi connectivity index (χ0) is 25.4. The summed E-state index contributed by atoms with van der Waals surface area (Å²) in [6, 6.07) is 7.23. The average Bonchev–Trinajstić information content (AvgIpc) is 2.90. The molecule has 194 valence electrons. The van der Waals surface area contributed by atoms with Crippen molar-refractivity contribution in [2.24, 2.45) is 5.41 Å². The highest BCUT2D eigenvalue weighted by Gasteiger charge is 2.32. The molecule has 1 saturated carbocycles. The molecule has 2 fully saturated rings. The van der Waals surface area contributed by atoms with Crippen LogP contribution >= 0.6 is 0 Å². The maximum atomic E-state index is 14.8. The molecule has 0 unspecified atom stereocenters. The number of anilines is 2. The molecule has 0 spiro atoms. The van der Waals surface area contributed by atoms with Crippen LogP contribution in [0.25, 0.3) is 11.1 Å². The molecule has 2 aromatic rings. The van der Waals surface area contributed by atoms with Gasteiger partial charge in [-0.2, -0.15) is 5.26 Å². The third-order valence-corrected chi connectivity index (χ3v) is 7.24. The molecule has 2 aromatic heterocycles. The third-order valence-electron chi connectivity index (χ3n) is 7.24. The van der Waals surface area contributed by atoms with Gasteiger partial charge in [0.1, 0.15) is 11.6 Å². The molecule has 4 rings (SSSR count). The van der Waals surface area contributed by atoms with Crippen LogP contribution < -0.4 is 16.0 Å². The summed E-state index contributed by atoms with van der Waals surface area (Å²) in [4.78, 5) is 8.60. The van der Waals surface area contributed by atoms with Crippen molar-refractivity contribution >= 4 is 11.5 Å². The van der Waals surface area contributed by atoms with Crippen LogP contribution in [0.2, 0.25) is 0 Å². The monoisotopic (exact) mass is 496 g/mol. The van der Waals surface area contributed by atoms with Crippen LogP contribution in [0.1, 0.15) is 45.4 Å². The molecule has 0 amide bonds. The van der Waals surface area contributed by atoms with Gasteiger partial charge in [0.15, 0.2) is 0 Å². The van der Waals surface area contributed by atoms with Crippen LogP contribution in [-0.2, 0) is 9.47 Å². The summed E-state index contributed by atoms with van der Waals surface area (Å²) in [5.74, 6) is 0.275. The van der Waals surface area contributed by atoms with Gasteiger partial charge in [0.05, 0.1) is 30.0 Å². The van der Waals surface area contributed by atoms with E-state index in [1.807, 2.05) is 6.07 Å². The van der Waals surface area contributed by atoms with Gasteiger partial charge in [0, 0.05) is 68.5 Å². The van der Waals surface area contributed by atoms with E-state index in [9.17, 15) is 9.65 Å². The maximum Gasteiger partial charge on any atom is 0.149 e. The first-order valence-corrected chi connectivity index (χ1v) is 12.9. The second-order valence-electron chi connectivity index (χ2n) is 10.1. The molecule has 0 bridgehead atoms. The molecule has 1 atom stereocenters. The molecule has 3 heterocycles.